The van der Waals surface area contributed by atoms with Gasteiger partial charge in [0, 0.05) is 0 Å². The van der Waals surface area contributed by atoms with Gasteiger partial charge in [-0.1, -0.05) is 85.1 Å². The molecule has 1 heterocycles. The van der Waals surface area contributed by atoms with Gasteiger partial charge in [-0.3, -0.25) is 0 Å². The van der Waals surface area contributed by atoms with Crippen LogP contribution in [0.3, 0.4) is 0 Å². The maximum atomic E-state index is 12.0. The molecule has 1 aromatic heterocycles. The molecule has 6 nitrogen and oxygen atoms in total. The molecule has 0 aliphatic heterocycles. The van der Waals surface area contributed by atoms with E-state index in [9.17, 15) is 5.11 Å². The lowest BCUT2D eigenvalue weighted by molar-refractivity contribution is -0.905. The van der Waals surface area contributed by atoms with E-state index in [2.05, 4.69) is 31.4 Å². The molecule has 0 radical (unpaired) electrons. The summed E-state index contributed by atoms with van der Waals surface area (Å²) < 4.78 is 12.2. The second-order valence-electron chi connectivity index (χ2n) is 9.83. The van der Waals surface area contributed by atoms with Crippen molar-refractivity contribution in [3.8, 4) is 0 Å². The number of hydrogen-bond donors (Lipinski definition) is 1. The van der Waals surface area contributed by atoms with Crippen LogP contribution in [-0.4, -0.2) is 47.0 Å². The van der Waals surface area contributed by atoms with Gasteiger partial charge in [-0.25, -0.2) is 0 Å². The summed E-state index contributed by atoms with van der Waals surface area (Å²) in [5.41, 5.74) is 0.791. The van der Waals surface area contributed by atoms with E-state index < -0.39 is 5.60 Å². The zero-order chi connectivity index (χ0) is 23.2. The lowest BCUT2D eigenvalue weighted by Gasteiger charge is -2.36. The maximum Gasteiger partial charge on any atom is 0.281 e. The Bertz CT molecular complexity index is 991. The van der Waals surface area contributed by atoms with Gasteiger partial charge in [0.2, 0.25) is 5.82 Å². The molecule has 1 aliphatic rings. The molecule has 0 spiro atoms. The van der Waals surface area contributed by atoms with Crippen LogP contribution >= 0.6 is 0 Å². The number of likely N-dealkylation sites (N-methyl/N-ethyl adjacent to an activating group) is 1. The van der Waals surface area contributed by atoms with Gasteiger partial charge in [0.25, 0.3) is 5.89 Å². The smallest absolute Gasteiger partial charge is 0.281 e. The molecule has 1 saturated carbocycles. The van der Waals surface area contributed by atoms with Crippen LogP contribution in [-0.2, 0) is 23.5 Å². The van der Waals surface area contributed by atoms with Crippen LogP contribution in [0.4, 0.5) is 0 Å². The molecule has 0 bridgehead atoms. The molecule has 2 aromatic carbocycles. The Labute approximate surface area is 213 Å². The highest BCUT2D eigenvalue weighted by molar-refractivity contribution is 5.30. The number of aromatic nitrogens is 2. The number of nitrogens with zero attached hydrogens (tertiary/aromatic N) is 3. The SMILES string of the molecule is C[N+](C)(CCOCc1ccccc1)Cc1nc(C(O)(c2ccccc2)C2CCCCC2)no1.[Br-]. The first kappa shape index (κ1) is 26.5. The van der Waals surface area contributed by atoms with Crippen LogP contribution in [0, 0.1) is 5.92 Å². The summed E-state index contributed by atoms with van der Waals surface area (Å²) in [6.07, 6.45) is 5.40. The van der Waals surface area contributed by atoms with Crippen molar-refractivity contribution in [1.29, 1.82) is 0 Å². The van der Waals surface area contributed by atoms with E-state index in [1.165, 1.54) is 12.0 Å². The molecule has 1 fully saturated rings. The van der Waals surface area contributed by atoms with Crippen LogP contribution < -0.4 is 17.0 Å². The first-order valence-electron chi connectivity index (χ1n) is 12.0. The summed E-state index contributed by atoms with van der Waals surface area (Å²) in [4.78, 5) is 4.71. The molecule has 34 heavy (non-hydrogen) atoms. The van der Waals surface area contributed by atoms with Crippen LogP contribution in [0.5, 0.6) is 0 Å². The number of halogens is 1. The number of hydrogen-bond acceptors (Lipinski definition) is 5. The van der Waals surface area contributed by atoms with Gasteiger partial charge in [0.1, 0.15) is 6.54 Å². The van der Waals surface area contributed by atoms with Gasteiger partial charge in [-0.15, -0.1) is 0 Å². The minimum atomic E-state index is -1.22. The molecule has 1 aliphatic carbocycles. The topological polar surface area (TPSA) is 68.4 Å². The summed E-state index contributed by atoms with van der Waals surface area (Å²) in [7, 11) is 4.25. The average Bonchev–Trinajstić information content (AvgIpc) is 3.31. The van der Waals surface area contributed by atoms with Crippen LogP contribution in [0.25, 0.3) is 0 Å². The minimum Gasteiger partial charge on any atom is -1.00 e. The van der Waals surface area contributed by atoms with E-state index in [-0.39, 0.29) is 22.9 Å². The Hall–Kier alpha value is -2.06. The first-order chi connectivity index (χ1) is 16.0. The zero-order valence-corrected chi connectivity index (χ0v) is 21.8. The summed E-state index contributed by atoms with van der Waals surface area (Å²) in [6.45, 7) is 2.64. The Morgan fingerprint density at radius 3 is 2.32 bits per heavy atom. The van der Waals surface area contributed by atoms with Gasteiger partial charge in [0.05, 0.1) is 27.3 Å². The number of aliphatic hydroxyl groups is 1. The fourth-order valence-electron chi connectivity index (χ4n) is 4.76. The normalized spacial score (nSPS) is 16.6. The number of benzene rings is 2. The van der Waals surface area contributed by atoms with Crippen molar-refractivity contribution < 1.29 is 35.8 Å². The molecule has 184 valence electrons. The molecule has 3 aromatic rings. The fourth-order valence-corrected chi connectivity index (χ4v) is 4.76. The Balaban J connectivity index is 0.00000324. The predicted octanol–water partition coefficient (Wildman–Crippen LogP) is 1.68. The Morgan fingerprint density at radius 2 is 1.65 bits per heavy atom. The highest BCUT2D eigenvalue weighted by Gasteiger charge is 2.44. The van der Waals surface area contributed by atoms with Gasteiger partial charge < -0.3 is 35.8 Å². The molecule has 1 unspecified atom stereocenters. The molecule has 7 heteroatoms. The molecule has 1 N–H and O–H groups in total. The third kappa shape index (κ3) is 6.54. The maximum absolute atomic E-state index is 12.0. The van der Waals surface area contributed by atoms with Crippen molar-refractivity contribution in [2.24, 2.45) is 5.92 Å². The lowest BCUT2D eigenvalue weighted by Crippen LogP contribution is -3.00. The predicted molar refractivity (Wildman–Crippen MR) is 127 cm³/mol. The number of quaternary nitrogens is 1. The van der Waals surface area contributed by atoms with Crippen molar-refractivity contribution >= 4 is 0 Å². The molecule has 0 saturated heterocycles. The molecule has 0 amide bonds. The van der Waals surface area contributed by atoms with Crippen LogP contribution in [0.1, 0.15) is 54.9 Å². The van der Waals surface area contributed by atoms with Gasteiger partial charge in [0.15, 0.2) is 12.1 Å². The first-order valence-corrected chi connectivity index (χ1v) is 12.0. The van der Waals surface area contributed by atoms with E-state index >= 15 is 0 Å². The lowest BCUT2D eigenvalue weighted by atomic mass is 9.73. The van der Waals surface area contributed by atoms with E-state index in [4.69, 9.17) is 14.2 Å². The third-order valence-corrected chi connectivity index (χ3v) is 6.73. The molecule has 4 rings (SSSR count). The van der Waals surface area contributed by atoms with E-state index in [0.29, 0.717) is 36.0 Å². The second kappa shape index (κ2) is 12.1. The second-order valence-corrected chi connectivity index (χ2v) is 9.83. The number of ether oxygens (including phenoxy) is 1. The van der Waals surface area contributed by atoms with Crippen molar-refractivity contribution in [2.75, 3.05) is 27.2 Å². The highest BCUT2D eigenvalue weighted by Crippen LogP contribution is 2.42. The molecule has 1 atom stereocenters. The zero-order valence-electron chi connectivity index (χ0n) is 20.2. The van der Waals surface area contributed by atoms with Crippen LogP contribution in [0.2, 0.25) is 0 Å². The monoisotopic (exact) mass is 529 g/mol. The van der Waals surface area contributed by atoms with E-state index in [1.807, 2.05) is 48.5 Å². The van der Waals surface area contributed by atoms with Crippen molar-refractivity contribution in [3.05, 3.63) is 83.5 Å². The van der Waals surface area contributed by atoms with Gasteiger partial charge in [-0.05, 0) is 29.9 Å². The summed E-state index contributed by atoms with van der Waals surface area (Å²) in [6, 6.07) is 20.0. The van der Waals surface area contributed by atoms with E-state index in [1.54, 1.807) is 0 Å². The Morgan fingerprint density at radius 1 is 1.00 bits per heavy atom. The van der Waals surface area contributed by atoms with Crippen molar-refractivity contribution in [3.63, 3.8) is 0 Å². The van der Waals surface area contributed by atoms with Gasteiger partial charge >= 0.3 is 0 Å². The highest BCUT2D eigenvalue weighted by atomic mass is 79.9. The molecular weight excluding hydrogens is 494 g/mol. The van der Waals surface area contributed by atoms with E-state index in [0.717, 1.165) is 37.8 Å². The quantitative estimate of drug-likeness (QED) is 0.319. The summed E-state index contributed by atoms with van der Waals surface area (Å²) in [5, 5.41) is 16.2. The minimum absolute atomic E-state index is 0. The van der Waals surface area contributed by atoms with Crippen molar-refractivity contribution in [2.45, 2.75) is 50.9 Å². The third-order valence-electron chi connectivity index (χ3n) is 6.73. The number of rotatable bonds is 10. The largest absolute Gasteiger partial charge is 1.00 e. The fraction of sp³-hybridized carbons (Fsp3) is 0.481. The average molecular weight is 531 g/mol. The van der Waals surface area contributed by atoms with Gasteiger partial charge in [-0.2, -0.15) is 4.98 Å². The summed E-state index contributed by atoms with van der Waals surface area (Å²) in [5.74, 6) is 1.02. The Kier molecular flexibility index (Phi) is 9.42. The molecular formula is C27H36BrN3O3. The van der Waals surface area contributed by atoms with Crippen LogP contribution in [0.15, 0.2) is 65.2 Å². The standard InChI is InChI=1S/C27H36N3O3.BrH/c1-30(2,18-19-32-21-22-12-6-3-7-13-22)20-25-28-26(29-33-25)27(31,23-14-8-4-9-15-23)24-16-10-5-11-17-24;/h3-4,6-9,12-15,24,31H,5,10-11,16-21H2,1-2H3;1H/q+1;/p-1. The van der Waals surface area contributed by atoms with Crippen molar-refractivity contribution in [1.82, 2.24) is 10.1 Å². The summed E-state index contributed by atoms with van der Waals surface area (Å²) >= 11 is 0.